The summed E-state index contributed by atoms with van der Waals surface area (Å²) in [7, 11) is -2.57. The first kappa shape index (κ1) is 39.1. The lowest BCUT2D eigenvalue weighted by atomic mass is 10.2. The summed E-state index contributed by atoms with van der Waals surface area (Å²) in [6, 6.07) is 12.7. The Morgan fingerprint density at radius 1 is 0.804 bits per heavy atom. The third-order valence-electron chi connectivity index (χ3n) is 8.96. The van der Waals surface area contributed by atoms with Crippen molar-refractivity contribution in [2.45, 2.75) is 29.9 Å². The monoisotopic (exact) mass is 895 g/mol. The molecule has 19 heteroatoms. The standard InChI is InChI=1S/C37H27Cl4F2N5O5S3/c1-46(13-4-2-6-23(42)30-34-32(36-27(52-34)12-15-54-36)47(44-30)25-10-8-19(38)16-21(25)40)14-5-3-7-24(43)31-35-33(37-28(53-35)18-29(55-37)56(49,50)51)48(45-31)26-11-9-20(39)17-22(26)41/h6-12,15-18H,2-5,13-14H2,1H3,(H,49,50,51)/b23-6-,24-7-. The molecular formula is C37H27Cl4F2N5O5S3. The lowest BCUT2D eigenvalue weighted by molar-refractivity contribution is 0.326. The van der Waals surface area contributed by atoms with Crippen LogP contribution < -0.4 is 0 Å². The zero-order valence-corrected chi connectivity index (χ0v) is 34.4. The Kier molecular flexibility index (Phi) is 10.8. The van der Waals surface area contributed by atoms with Gasteiger partial charge in [0.25, 0.3) is 0 Å². The van der Waals surface area contributed by atoms with E-state index in [0.29, 0.717) is 92.1 Å². The van der Waals surface area contributed by atoms with Crippen molar-refractivity contribution in [3.8, 4) is 11.4 Å². The Morgan fingerprint density at radius 2 is 1.32 bits per heavy atom. The van der Waals surface area contributed by atoms with Gasteiger partial charge in [0.2, 0.25) is 0 Å². The molecule has 0 atom stereocenters. The third-order valence-corrected chi connectivity index (χ3v) is 13.4. The van der Waals surface area contributed by atoms with Gasteiger partial charge >= 0.3 is 10.1 Å². The van der Waals surface area contributed by atoms with Gasteiger partial charge in [-0.1, -0.05) is 46.4 Å². The number of fused-ring (bicyclic) bond motifs is 6. The summed E-state index contributed by atoms with van der Waals surface area (Å²) >= 11 is 27.4. The second-order valence-corrected chi connectivity index (χ2v) is 18.1. The number of unbranched alkanes of at least 4 members (excludes halogenated alkanes) is 2. The van der Waals surface area contributed by atoms with E-state index in [2.05, 4.69) is 15.1 Å². The maximum absolute atomic E-state index is 15.8. The fourth-order valence-corrected chi connectivity index (χ4v) is 9.94. The van der Waals surface area contributed by atoms with Crippen molar-refractivity contribution in [1.82, 2.24) is 24.5 Å². The van der Waals surface area contributed by atoms with E-state index in [1.165, 1.54) is 40.3 Å². The topological polar surface area (TPSA) is 120 Å². The second-order valence-electron chi connectivity index (χ2n) is 12.8. The van der Waals surface area contributed by atoms with Gasteiger partial charge in [0.1, 0.15) is 26.9 Å². The summed E-state index contributed by atoms with van der Waals surface area (Å²) in [5.74, 6) is -1.14. The summed E-state index contributed by atoms with van der Waals surface area (Å²) in [5.41, 5.74) is 3.06. The van der Waals surface area contributed by atoms with E-state index in [9.17, 15) is 13.0 Å². The minimum Gasteiger partial charge on any atom is -0.451 e. The molecule has 8 aromatic rings. The van der Waals surface area contributed by atoms with Crippen LogP contribution in [0.3, 0.4) is 0 Å². The first-order valence-corrected chi connectivity index (χ1v) is 21.6. The molecule has 10 nitrogen and oxygen atoms in total. The van der Waals surface area contributed by atoms with E-state index < -0.39 is 21.8 Å². The van der Waals surface area contributed by atoms with Crippen molar-refractivity contribution in [1.29, 1.82) is 0 Å². The maximum atomic E-state index is 15.8. The number of aromatic nitrogens is 4. The molecule has 0 bridgehead atoms. The van der Waals surface area contributed by atoms with Crippen LogP contribution in [0.15, 0.2) is 79.1 Å². The van der Waals surface area contributed by atoms with Gasteiger partial charge < -0.3 is 13.7 Å². The molecule has 2 aromatic carbocycles. The van der Waals surface area contributed by atoms with Crippen LogP contribution >= 0.6 is 69.1 Å². The average molecular weight is 898 g/mol. The van der Waals surface area contributed by atoms with E-state index in [0.717, 1.165) is 16.0 Å². The minimum atomic E-state index is -4.51. The molecule has 6 heterocycles. The summed E-state index contributed by atoms with van der Waals surface area (Å²) in [6.45, 7) is 1.31. The lowest BCUT2D eigenvalue weighted by Crippen LogP contribution is -2.20. The number of hydrogen-bond donors (Lipinski definition) is 1. The molecule has 0 aliphatic heterocycles. The Morgan fingerprint density at radius 3 is 1.84 bits per heavy atom. The van der Waals surface area contributed by atoms with E-state index in [4.69, 9.17) is 55.2 Å². The van der Waals surface area contributed by atoms with Crippen LogP contribution in [0.5, 0.6) is 0 Å². The largest absolute Gasteiger partial charge is 0.451 e. The van der Waals surface area contributed by atoms with Gasteiger partial charge in [-0.05, 0) is 106 Å². The van der Waals surface area contributed by atoms with Gasteiger partial charge in [0.05, 0.1) is 26.1 Å². The second kappa shape index (κ2) is 15.5. The Labute approximate surface area is 345 Å². The van der Waals surface area contributed by atoms with Crippen LogP contribution in [0.25, 0.3) is 65.8 Å². The number of hydrogen-bond acceptors (Lipinski definition) is 9. The number of benzene rings is 2. The highest BCUT2D eigenvalue weighted by atomic mass is 35.5. The Hall–Kier alpha value is -3.77. The summed E-state index contributed by atoms with van der Waals surface area (Å²) in [5, 5.41) is 12.4. The maximum Gasteiger partial charge on any atom is 0.304 e. The number of allylic oxidation sites excluding steroid dienone is 2. The highest BCUT2D eigenvalue weighted by Gasteiger charge is 2.28. The number of thiophene rings is 2. The molecule has 0 saturated heterocycles. The zero-order valence-electron chi connectivity index (χ0n) is 28.9. The molecule has 0 spiro atoms. The first-order valence-electron chi connectivity index (χ1n) is 16.9. The Balaban J connectivity index is 0.925. The van der Waals surface area contributed by atoms with Crippen LogP contribution in [0, 0.1) is 0 Å². The van der Waals surface area contributed by atoms with Crippen molar-refractivity contribution in [2.24, 2.45) is 0 Å². The van der Waals surface area contributed by atoms with E-state index in [-0.39, 0.29) is 31.8 Å². The van der Waals surface area contributed by atoms with E-state index in [1.807, 2.05) is 18.5 Å². The summed E-state index contributed by atoms with van der Waals surface area (Å²) in [4.78, 5) is 2.08. The molecule has 1 N–H and O–H groups in total. The van der Waals surface area contributed by atoms with Gasteiger partial charge in [-0.2, -0.15) is 18.6 Å². The quantitative estimate of drug-likeness (QED) is 0.0897. The average Bonchev–Trinajstić information content (AvgIpc) is 3.97. The fraction of sp³-hybridized carbons (Fsp3) is 0.189. The fourth-order valence-electron chi connectivity index (χ4n) is 6.34. The van der Waals surface area contributed by atoms with Gasteiger partial charge in [-0.15, -0.1) is 22.7 Å². The first-order chi connectivity index (χ1) is 26.8. The van der Waals surface area contributed by atoms with Crippen LogP contribution in [-0.2, 0) is 10.1 Å². The lowest BCUT2D eigenvalue weighted by Gasteiger charge is -2.15. The predicted molar refractivity (Wildman–Crippen MR) is 221 cm³/mol. The van der Waals surface area contributed by atoms with Gasteiger partial charge in [-0.25, -0.2) is 18.1 Å². The third kappa shape index (κ3) is 7.40. The number of halogens is 6. The SMILES string of the molecule is CN(CCC/C=C(\F)c1nn(-c2ccc(Cl)cc2Cl)c2c1oc1ccsc12)CCC/C=C(\F)c1nn(-c2ccc(Cl)cc2Cl)c2c1oc1cc(S(=O)(=O)O)sc12. The number of rotatable bonds is 13. The smallest absolute Gasteiger partial charge is 0.304 e. The molecule has 0 amide bonds. The normalized spacial score (nSPS) is 13.2. The van der Waals surface area contributed by atoms with Crippen molar-refractivity contribution in [3.63, 3.8) is 0 Å². The van der Waals surface area contributed by atoms with Crippen molar-refractivity contribution in [3.05, 3.63) is 97.5 Å². The molecule has 0 aliphatic rings. The molecule has 8 rings (SSSR count). The number of nitrogens with zero attached hydrogens (tertiary/aromatic N) is 5. The highest BCUT2D eigenvalue weighted by molar-refractivity contribution is 7.88. The van der Waals surface area contributed by atoms with Crippen LogP contribution in [0.2, 0.25) is 20.1 Å². The zero-order chi connectivity index (χ0) is 39.5. The van der Waals surface area contributed by atoms with Crippen LogP contribution in [0.4, 0.5) is 8.78 Å². The molecular weight excluding hydrogens is 870 g/mol. The van der Waals surface area contributed by atoms with Crippen LogP contribution in [-0.4, -0.2) is 57.6 Å². The van der Waals surface area contributed by atoms with E-state index in [1.54, 1.807) is 35.0 Å². The van der Waals surface area contributed by atoms with Gasteiger partial charge in [-0.3, -0.25) is 4.55 Å². The Bertz CT molecular complexity index is 2980. The molecule has 0 fully saturated rings. The van der Waals surface area contributed by atoms with E-state index >= 15 is 8.78 Å². The van der Waals surface area contributed by atoms with Gasteiger partial charge in [0.15, 0.2) is 38.4 Å². The minimum absolute atomic E-state index is 0.0854. The summed E-state index contributed by atoms with van der Waals surface area (Å²) in [6.07, 6.45) is 5.00. The molecule has 6 aromatic heterocycles. The van der Waals surface area contributed by atoms with Crippen LogP contribution in [0.1, 0.15) is 37.1 Å². The molecule has 0 aliphatic carbocycles. The number of furan rings is 2. The van der Waals surface area contributed by atoms with Crippen molar-refractivity contribution >= 4 is 134 Å². The molecule has 0 saturated carbocycles. The molecule has 290 valence electrons. The molecule has 0 unspecified atom stereocenters. The van der Waals surface area contributed by atoms with Crippen molar-refractivity contribution < 1.29 is 30.6 Å². The van der Waals surface area contributed by atoms with Crippen molar-refractivity contribution in [2.75, 3.05) is 20.1 Å². The predicted octanol–water partition coefficient (Wildman–Crippen LogP) is 12.7. The highest BCUT2D eigenvalue weighted by Crippen LogP contribution is 2.43. The molecule has 0 radical (unpaired) electrons. The summed E-state index contributed by atoms with van der Waals surface area (Å²) < 4.78 is 80.4. The van der Waals surface area contributed by atoms with Gasteiger partial charge in [0, 0.05) is 16.1 Å². The molecule has 56 heavy (non-hydrogen) atoms.